The lowest BCUT2D eigenvalue weighted by Crippen LogP contribution is -2.34. The molecule has 0 spiro atoms. The van der Waals surface area contributed by atoms with Gasteiger partial charge in [0, 0.05) is 38.4 Å². The molecule has 1 heterocycles. The number of nitrogens with two attached hydrogens (primary N) is 1. The van der Waals surface area contributed by atoms with Crippen LogP contribution in [0.1, 0.15) is 58.2 Å². The number of rotatable bonds is 8. The molecule has 0 aliphatic carbocycles. The number of carbonyl (C=O) groups is 1. The van der Waals surface area contributed by atoms with Crippen molar-refractivity contribution in [1.29, 1.82) is 0 Å². The fourth-order valence-electron chi connectivity index (χ4n) is 1.81. The molecule has 0 aliphatic rings. The summed E-state index contributed by atoms with van der Waals surface area (Å²) in [5.74, 6) is 1.96. The molecule has 120 valence electrons. The molecule has 1 atom stereocenters. The maximum atomic E-state index is 12.0. The minimum Gasteiger partial charge on any atom is -0.346 e. The maximum absolute atomic E-state index is 12.0. The molecule has 6 nitrogen and oxygen atoms in total. The Labute approximate surface area is 127 Å². The Morgan fingerprint density at radius 2 is 2.00 bits per heavy atom. The van der Waals surface area contributed by atoms with Crippen LogP contribution in [0.15, 0.2) is 4.52 Å². The van der Waals surface area contributed by atoms with Gasteiger partial charge in [0.05, 0.1) is 0 Å². The van der Waals surface area contributed by atoms with Crippen molar-refractivity contribution in [1.82, 2.24) is 15.0 Å². The smallest absolute Gasteiger partial charge is 0.227 e. The van der Waals surface area contributed by atoms with Gasteiger partial charge in [-0.3, -0.25) is 4.79 Å². The Kier molecular flexibility index (Phi) is 6.81. The third-order valence-electron chi connectivity index (χ3n) is 3.63. The molecule has 0 saturated heterocycles. The van der Waals surface area contributed by atoms with Crippen LogP contribution in [0, 0.1) is 5.92 Å². The van der Waals surface area contributed by atoms with Crippen LogP contribution in [0.3, 0.4) is 0 Å². The monoisotopic (exact) mass is 296 g/mol. The van der Waals surface area contributed by atoms with Gasteiger partial charge in [-0.15, -0.1) is 0 Å². The van der Waals surface area contributed by atoms with E-state index in [9.17, 15) is 4.79 Å². The number of nitrogens with zero attached hydrogens (tertiary/aromatic N) is 3. The van der Waals surface area contributed by atoms with Crippen LogP contribution in [0.25, 0.3) is 0 Å². The van der Waals surface area contributed by atoms with Gasteiger partial charge >= 0.3 is 0 Å². The number of aromatic nitrogens is 2. The summed E-state index contributed by atoms with van der Waals surface area (Å²) in [5.41, 5.74) is 5.99. The van der Waals surface area contributed by atoms with Crippen LogP contribution in [-0.2, 0) is 11.2 Å². The van der Waals surface area contributed by atoms with Gasteiger partial charge in [0.1, 0.15) is 0 Å². The summed E-state index contributed by atoms with van der Waals surface area (Å²) in [6.45, 7) is 8.87. The molecule has 0 fully saturated rings. The minimum absolute atomic E-state index is 0.0789. The average Bonchev–Trinajstić information content (AvgIpc) is 2.90. The fraction of sp³-hybridized carbons (Fsp3) is 0.800. The predicted molar refractivity (Wildman–Crippen MR) is 81.8 cm³/mol. The number of hydrogen-bond donors (Lipinski definition) is 1. The van der Waals surface area contributed by atoms with Gasteiger partial charge in [-0.25, -0.2) is 0 Å². The number of aryl methyl sites for hydroxylation is 1. The van der Waals surface area contributed by atoms with Crippen molar-refractivity contribution in [2.24, 2.45) is 11.7 Å². The van der Waals surface area contributed by atoms with Crippen molar-refractivity contribution < 1.29 is 9.32 Å². The molecule has 2 N–H and O–H groups in total. The summed E-state index contributed by atoms with van der Waals surface area (Å²) >= 11 is 0. The molecule has 0 bridgehead atoms. The first-order chi connectivity index (χ1) is 9.81. The first kappa shape index (κ1) is 17.6. The average molecular weight is 296 g/mol. The summed E-state index contributed by atoms with van der Waals surface area (Å²) in [7, 11) is 1.81. The molecule has 0 saturated carbocycles. The van der Waals surface area contributed by atoms with Gasteiger partial charge < -0.3 is 15.2 Å². The van der Waals surface area contributed by atoms with Crippen LogP contribution >= 0.6 is 0 Å². The van der Waals surface area contributed by atoms with Crippen molar-refractivity contribution in [2.45, 2.75) is 58.9 Å². The molecule has 0 radical (unpaired) electrons. The van der Waals surface area contributed by atoms with Gasteiger partial charge in [0.15, 0.2) is 5.82 Å². The highest BCUT2D eigenvalue weighted by Crippen LogP contribution is 2.11. The van der Waals surface area contributed by atoms with Crippen LogP contribution < -0.4 is 5.73 Å². The van der Waals surface area contributed by atoms with E-state index in [-0.39, 0.29) is 17.9 Å². The minimum atomic E-state index is 0.0789. The van der Waals surface area contributed by atoms with Crippen LogP contribution in [0.4, 0.5) is 0 Å². The number of amides is 1. The molecule has 0 aliphatic heterocycles. The van der Waals surface area contributed by atoms with Gasteiger partial charge in [0.2, 0.25) is 11.8 Å². The van der Waals surface area contributed by atoms with Crippen LogP contribution in [-0.4, -0.2) is 40.6 Å². The fourth-order valence-corrected chi connectivity index (χ4v) is 1.81. The number of carbonyl (C=O) groups excluding carboxylic acids is 1. The lowest BCUT2D eigenvalue weighted by Gasteiger charge is -2.21. The lowest BCUT2D eigenvalue weighted by atomic mass is 10.0. The predicted octanol–water partition coefficient (Wildman–Crippen LogP) is 1.96. The zero-order valence-corrected chi connectivity index (χ0v) is 13.8. The molecule has 1 aromatic rings. The van der Waals surface area contributed by atoms with E-state index in [1.165, 1.54) is 0 Å². The SMILES string of the molecule is CC(C)c1noc(CCC(=O)N(C)CCC(N)C(C)C)n1. The van der Waals surface area contributed by atoms with E-state index < -0.39 is 0 Å². The maximum Gasteiger partial charge on any atom is 0.227 e. The van der Waals surface area contributed by atoms with Gasteiger partial charge in [0.25, 0.3) is 0 Å². The second-order valence-electron chi connectivity index (χ2n) is 6.21. The van der Waals surface area contributed by atoms with E-state index in [2.05, 4.69) is 24.0 Å². The molecule has 1 rings (SSSR count). The third kappa shape index (κ3) is 5.83. The summed E-state index contributed by atoms with van der Waals surface area (Å²) in [5, 5.41) is 3.89. The van der Waals surface area contributed by atoms with Crippen molar-refractivity contribution in [3.05, 3.63) is 11.7 Å². The first-order valence-corrected chi connectivity index (χ1v) is 7.63. The van der Waals surface area contributed by atoms with E-state index in [0.717, 1.165) is 6.42 Å². The Morgan fingerprint density at radius 1 is 1.33 bits per heavy atom. The first-order valence-electron chi connectivity index (χ1n) is 7.63. The van der Waals surface area contributed by atoms with Gasteiger partial charge in [-0.1, -0.05) is 32.9 Å². The Balaban J connectivity index is 2.35. The standard InChI is InChI=1S/C15H28N4O2/c1-10(2)12(16)8-9-19(5)14(20)7-6-13-17-15(11(3)4)18-21-13/h10-12H,6-9,16H2,1-5H3. The van der Waals surface area contributed by atoms with Crippen LogP contribution in [0.2, 0.25) is 0 Å². The third-order valence-corrected chi connectivity index (χ3v) is 3.63. The molecule has 21 heavy (non-hydrogen) atoms. The van der Waals surface area contributed by atoms with Crippen molar-refractivity contribution in [2.75, 3.05) is 13.6 Å². The van der Waals surface area contributed by atoms with E-state index in [1.54, 1.807) is 4.90 Å². The second kappa shape index (κ2) is 8.12. The van der Waals surface area contributed by atoms with Crippen molar-refractivity contribution >= 4 is 5.91 Å². The van der Waals surface area contributed by atoms with E-state index in [1.807, 2.05) is 20.9 Å². The molecule has 0 aromatic carbocycles. The quantitative estimate of drug-likeness (QED) is 0.792. The topological polar surface area (TPSA) is 85.2 Å². The number of hydrogen-bond acceptors (Lipinski definition) is 5. The van der Waals surface area contributed by atoms with Crippen molar-refractivity contribution in [3.63, 3.8) is 0 Å². The highest BCUT2D eigenvalue weighted by atomic mass is 16.5. The Bertz CT molecular complexity index is 443. The van der Waals surface area contributed by atoms with Gasteiger partial charge in [-0.2, -0.15) is 4.98 Å². The normalized spacial score (nSPS) is 13.0. The van der Waals surface area contributed by atoms with E-state index in [0.29, 0.717) is 37.0 Å². The van der Waals surface area contributed by atoms with Gasteiger partial charge in [-0.05, 0) is 12.3 Å². The zero-order valence-electron chi connectivity index (χ0n) is 13.8. The van der Waals surface area contributed by atoms with E-state index in [4.69, 9.17) is 10.3 Å². The highest BCUT2D eigenvalue weighted by Gasteiger charge is 2.15. The largest absolute Gasteiger partial charge is 0.346 e. The Hall–Kier alpha value is -1.43. The Morgan fingerprint density at radius 3 is 2.52 bits per heavy atom. The lowest BCUT2D eigenvalue weighted by molar-refractivity contribution is -0.130. The molecule has 6 heteroatoms. The summed E-state index contributed by atoms with van der Waals surface area (Å²) in [6, 6.07) is 0.129. The summed E-state index contributed by atoms with van der Waals surface area (Å²) < 4.78 is 5.13. The van der Waals surface area contributed by atoms with Crippen molar-refractivity contribution in [3.8, 4) is 0 Å². The summed E-state index contributed by atoms with van der Waals surface area (Å²) in [6.07, 6.45) is 1.68. The van der Waals surface area contributed by atoms with E-state index >= 15 is 0 Å². The molecular weight excluding hydrogens is 268 g/mol. The summed E-state index contributed by atoms with van der Waals surface area (Å²) in [4.78, 5) is 18.0. The molecule has 1 amide bonds. The second-order valence-corrected chi connectivity index (χ2v) is 6.21. The highest BCUT2D eigenvalue weighted by molar-refractivity contribution is 5.75. The zero-order chi connectivity index (χ0) is 16.0. The molecule has 1 unspecified atom stereocenters. The molecular formula is C15H28N4O2. The molecule has 1 aromatic heterocycles. The van der Waals surface area contributed by atoms with Crippen LogP contribution in [0.5, 0.6) is 0 Å².